The molecule has 1 heterocycles. The number of aromatic nitrogens is 2. The van der Waals surface area contributed by atoms with Gasteiger partial charge in [-0.3, -0.25) is 0 Å². The van der Waals surface area contributed by atoms with Crippen molar-refractivity contribution < 1.29 is 0 Å². The Labute approximate surface area is 115 Å². The van der Waals surface area contributed by atoms with E-state index in [1.807, 2.05) is 13.1 Å². The Balaban J connectivity index is 2.47. The van der Waals surface area contributed by atoms with Crippen molar-refractivity contribution in [1.29, 1.82) is 0 Å². The molecular formula is C16H23N3. The topological polar surface area (TPSA) is 54.7 Å². The van der Waals surface area contributed by atoms with Gasteiger partial charge in [0.25, 0.3) is 0 Å². The highest BCUT2D eigenvalue weighted by molar-refractivity contribution is 5.65. The molecule has 1 atom stereocenters. The number of nitrogens with two attached hydrogens (primary N) is 1. The molecular weight excluding hydrogens is 234 g/mol. The summed E-state index contributed by atoms with van der Waals surface area (Å²) in [5.74, 6) is 0.850. The molecule has 0 aliphatic carbocycles. The number of imidazole rings is 1. The number of benzene rings is 1. The molecule has 19 heavy (non-hydrogen) atoms. The summed E-state index contributed by atoms with van der Waals surface area (Å²) in [4.78, 5) is 7.82. The van der Waals surface area contributed by atoms with E-state index in [2.05, 4.69) is 49.8 Å². The van der Waals surface area contributed by atoms with Crippen LogP contribution in [0.1, 0.15) is 42.8 Å². The summed E-state index contributed by atoms with van der Waals surface area (Å²) in [7, 11) is 0. The van der Waals surface area contributed by atoms with Crippen LogP contribution in [-0.4, -0.2) is 9.97 Å². The second-order valence-electron chi connectivity index (χ2n) is 5.67. The van der Waals surface area contributed by atoms with Crippen LogP contribution in [-0.2, 0) is 5.54 Å². The summed E-state index contributed by atoms with van der Waals surface area (Å²) in [5, 5.41) is 0. The van der Waals surface area contributed by atoms with Crippen molar-refractivity contribution in [3.05, 3.63) is 40.8 Å². The monoisotopic (exact) mass is 257 g/mol. The lowest BCUT2D eigenvalue weighted by Gasteiger charge is -2.19. The maximum atomic E-state index is 6.23. The van der Waals surface area contributed by atoms with Crippen molar-refractivity contribution in [2.24, 2.45) is 5.73 Å². The summed E-state index contributed by atoms with van der Waals surface area (Å²) in [6, 6.07) is 4.43. The second kappa shape index (κ2) is 4.82. The summed E-state index contributed by atoms with van der Waals surface area (Å²) in [6.45, 7) is 10.5. The first kappa shape index (κ1) is 13.8. The van der Waals surface area contributed by atoms with Gasteiger partial charge in [0.15, 0.2) is 0 Å². The van der Waals surface area contributed by atoms with Gasteiger partial charge in [0.05, 0.1) is 17.4 Å². The molecule has 0 bridgehead atoms. The molecule has 1 unspecified atom stereocenters. The van der Waals surface area contributed by atoms with Crippen LogP contribution in [0.2, 0.25) is 0 Å². The van der Waals surface area contributed by atoms with E-state index in [0.717, 1.165) is 17.9 Å². The lowest BCUT2D eigenvalue weighted by Crippen LogP contribution is -2.33. The van der Waals surface area contributed by atoms with Crippen LogP contribution < -0.4 is 5.73 Å². The molecule has 0 saturated carbocycles. The lowest BCUT2D eigenvalue weighted by molar-refractivity contribution is 0.450. The van der Waals surface area contributed by atoms with E-state index < -0.39 is 5.54 Å². The molecule has 2 rings (SSSR count). The summed E-state index contributed by atoms with van der Waals surface area (Å²) in [5.41, 5.74) is 11.9. The van der Waals surface area contributed by atoms with Crippen molar-refractivity contribution in [3.63, 3.8) is 0 Å². The highest BCUT2D eigenvalue weighted by Gasteiger charge is 2.22. The smallest absolute Gasteiger partial charge is 0.126 e. The maximum absolute atomic E-state index is 6.23. The molecule has 0 amide bonds. The Bertz CT molecular complexity index is 594. The van der Waals surface area contributed by atoms with Crippen LogP contribution in [0.4, 0.5) is 0 Å². The van der Waals surface area contributed by atoms with Crippen molar-refractivity contribution in [3.8, 4) is 11.3 Å². The number of aromatic amines is 1. The Morgan fingerprint density at radius 3 is 2.42 bits per heavy atom. The molecule has 3 nitrogen and oxygen atoms in total. The lowest BCUT2D eigenvalue weighted by atomic mass is 9.98. The van der Waals surface area contributed by atoms with Crippen molar-refractivity contribution in [1.82, 2.24) is 9.97 Å². The predicted molar refractivity (Wildman–Crippen MR) is 80.1 cm³/mol. The molecule has 102 valence electrons. The van der Waals surface area contributed by atoms with Gasteiger partial charge in [-0.15, -0.1) is 0 Å². The summed E-state index contributed by atoms with van der Waals surface area (Å²) >= 11 is 0. The zero-order valence-electron chi connectivity index (χ0n) is 12.5. The minimum atomic E-state index is -0.397. The van der Waals surface area contributed by atoms with E-state index in [9.17, 15) is 0 Å². The number of nitrogens with one attached hydrogen (secondary N) is 1. The second-order valence-corrected chi connectivity index (χ2v) is 5.67. The van der Waals surface area contributed by atoms with Gasteiger partial charge in [-0.25, -0.2) is 4.98 Å². The van der Waals surface area contributed by atoms with E-state index in [1.54, 1.807) is 0 Å². The quantitative estimate of drug-likeness (QED) is 0.883. The molecule has 3 heteroatoms. The SMILES string of the molecule is CCC(C)(N)c1ncc(-c2cc(C)c(C)cc2C)[nH]1. The molecule has 0 spiro atoms. The normalized spacial score (nSPS) is 14.4. The first-order valence-electron chi connectivity index (χ1n) is 6.77. The summed E-state index contributed by atoms with van der Waals surface area (Å²) in [6.07, 6.45) is 2.74. The molecule has 0 aliphatic heterocycles. The Morgan fingerprint density at radius 2 is 1.79 bits per heavy atom. The van der Waals surface area contributed by atoms with Crippen molar-refractivity contribution in [2.45, 2.75) is 46.6 Å². The van der Waals surface area contributed by atoms with Crippen LogP contribution in [0.15, 0.2) is 18.3 Å². The molecule has 2 aromatic rings. The maximum Gasteiger partial charge on any atom is 0.126 e. The average molecular weight is 257 g/mol. The Hall–Kier alpha value is -1.61. The number of rotatable bonds is 3. The molecule has 1 aromatic heterocycles. The number of hydrogen-bond donors (Lipinski definition) is 2. The first-order chi connectivity index (χ1) is 8.85. The molecule has 1 aromatic carbocycles. The fraction of sp³-hybridized carbons (Fsp3) is 0.438. The third-order valence-corrected chi connectivity index (χ3v) is 3.98. The largest absolute Gasteiger partial charge is 0.340 e. The van der Waals surface area contributed by atoms with Crippen LogP contribution in [0, 0.1) is 20.8 Å². The third kappa shape index (κ3) is 2.56. The minimum Gasteiger partial charge on any atom is -0.340 e. The van der Waals surface area contributed by atoms with Crippen molar-refractivity contribution >= 4 is 0 Å². The molecule has 0 radical (unpaired) electrons. The number of H-pyrrole nitrogens is 1. The fourth-order valence-electron chi connectivity index (χ4n) is 2.17. The molecule has 3 N–H and O–H groups in total. The summed E-state index contributed by atoms with van der Waals surface area (Å²) < 4.78 is 0. The van der Waals surface area contributed by atoms with Gasteiger partial charge in [-0.2, -0.15) is 0 Å². The number of hydrogen-bond acceptors (Lipinski definition) is 2. The van der Waals surface area contributed by atoms with Crippen molar-refractivity contribution in [2.75, 3.05) is 0 Å². The van der Waals surface area contributed by atoms with Crippen LogP contribution >= 0.6 is 0 Å². The number of nitrogens with zero attached hydrogens (tertiary/aromatic N) is 1. The van der Waals surface area contributed by atoms with E-state index in [0.29, 0.717) is 0 Å². The Kier molecular flexibility index (Phi) is 3.50. The van der Waals surface area contributed by atoms with E-state index in [4.69, 9.17) is 5.73 Å². The average Bonchev–Trinajstić information content (AvgIpc) is 2.84. The highest BCUT2D eigenvalue weighted by Crippen LogP contribution is 2.27. The third-order valence-electron chi connectivity index (χ3n) is 3.98. The van der Waals surface area contributed by atoms with Gasteiger partial charge in [-0.1, -0.05) is 13.0 Å². The van der Waals surface area contributed by atoms with Gasteiger partial charge in [0, 0.05) is 5.56 Å². The standard InChI is InChI=1S/C16H23N3/c1-6-16(5,17)15-18-9-14(19-15)13-8-11(3)10(2)7-12(13)4/h7-9H,6,17H2,1-5H3,(H,18,19). The zero-order valence-corrected chi connectivity index (χ0v) is 12.5. The van der Waals surface area contributed by atoms with Gasteiger partial charge in [-0.05, 0) is 56.9 Å². The van der Waals surface area contributed by atoms with Gasteiger partial charge < -0.3 is 10.7 Å². The van der Waals surface area contributed by atoms with Gasteiger partial charge in [0.2, 0.25) is 0 Å². The number of aryl methyl sites for hydroxylation is 3. The molecule has 0 fully saturated rings. The minimum absolute atomic E-state index is 0.397. The molecule has 0 aliphatic rings. The Morgan fingerprint density at radius 1 is 1.16 bits per heavy atom. The van der Waals surface area contributed by atoms with Crippen LogP contribution in [0.5, 0.6) is 0 Å². The first-order valence-corrected chi connectivity index (χ1v) is 6.77. The fourth-order valence-corrected chi connectivity index (χ4v) is 2.17. The van der Waals surface area contributed by atoms with Gasteiger partial charge >= 0.3 is 0 Å². The van der Waals surface area contributed by atoms with E-state index in [-0.39, 0.29) is 0 Å². The van der Waals surface area contributed by atoms with E-state index >= 15 is 0 Å². The van der Waals surface area contributed by atoms with E-state index in [1.165, 1.54) is 22.3 Å². The van der Waals surface area contributed by atoms with Crippen LogP contribution in [0.3, 0.4) is 0 Å². The molecule has 0 saturated heterocycles. The predicted octanol–water partition coefficient (Wildman–Crippen LogP) is 3.59. The highest BCUT2D eigenvalue weighted by atomic mass is 15.0. The zero-order chi connectivity index (χ0) is 14.2. The van der Waals surface area contributed by atoms with Gasteiger partial charge in [0.1, 0.15) is 5.82 Å². The van der Waals surface area contributed by atoms with Crippen LogP contribution in [0.25, 0.3) is 11.3 Å².